The van der Waals surface area contributed by atoms with Crippen LogP contribution in [0.1, 0.15) is 6.42 Å². The first-order valence-corrected chi connectivity index (χ1v) is 2.23. The Kier molecular flexibility index (Phi) is 5.33. The number of allylic oxidation sites excluding steroid dienone is 1. The second kappa shape index (κ2) is 5.63. The van der Waals surface area contributed by atoms with E-state index in [1.807, 2.05) is 0 Å². The molecule has 0 radical (unpaired) electrons. The Morgan fingerprint density at radius 3 is 2.57 bits per heavy atom. The second-order valence-electron chi connectivity index (χ2n) is 1.14. The highest BCUT2D eigenvalue weighted by molar-refractivity contribution is 4.79. The van der Waals surface area contributed by atoms with Gasteiger partial charge in [0.1, 0.15) is 6.67 Å². The molecule has 0 bridgehead atoms. The van der Waals surface area contributed by atoms with Gasteiger partial charge in [-0.1, -0.05) is 12.2 Å². The fraction of sp³-hybridized carbons (Fsp3) is 0.600. The lowest BCUT2D eigenvalue weighted by atomic mass is 10.4. The first kappa shape index (κ1) is 6.63. The average Bonchev–Trinajstić information content (AvgIpc) is 1.69. The van der Waals surface area contributed by atoms with Gasteiger partial charge < -0.3 is 5.11 Å². The average molecular weight is 104 g/mol. The van der Waals surface area contributed by atoms with Crippen LogP contribution in [0.3, 0.4) is 0 Å². The van der Waals surface area contributed by atoms with Gasteiger partial charge in [-0.05, 0) is 6.42 Å². The molecule has 0 spiro atoms. The summed E-state index contributed by atoms with van der Waals surface area (Å²) in [5.41, 5.74) is 0. The summed E-state index contributed by atoms with van der Waals surface area (Å²) in [4.78, 5) is 0. The maximum Gasteiger partial charge on any atom is 0.108 e. The minimum Gasteiger partial charge on any atom is -0.396 e. The largest absolute Gasteiger partial charge is 0.396 e. The van der Waals surface area contributed by atoms with E-state index < -0.39 is 6.67 Å². The second-order valence-corrected chi connectivity index (χ2v) is 1.14. The van der Waals surface area contributed by atoms with Crippen LogP contribution in [0.15, 0.2) is 12.2 Å². The van der Waals surface area contributed by atoms with E-state index in [0.29, 0.717) is 6.42 Å². The van der Waals surface area contributed by atoms with E-state index in [0.717, 1.165) is 0 Å². The molecule has 0 aromatic heterocycles. The number of hydrogen-bond donors (Lipinski definition) is 1. The molecule has 0 fully saturated rings. The molecular weight excluding hydrogens is 95.1 g/mol. The Morgan fingerprint density at radius 2 is 2.14 bits per heavy atom. The van der Waals surface area contributed by atoms with Crippen LogP contribution in [0.4, 0.5) is 4.39 Å². The SMILES string of the molecule is OCCC=CCF. The zero-order chi connectivity index (χ0) is 5.54. The Balaban J connectivity index is 2.78. The van der Waals surface area contributed by atoms with Crippen LogP contribution in [0, 0.1) is 0 Å². The maximum absolute atomic E-state index is 11.1. The Morgan fingerprint density at radius 1 is 1.43 bits per heavy atom. The minimum absolute atomic E-state index is 0.108. The number of hydrogen-bond acceptors (Lipinski definition) is 1. The monoisotopic (exact) mass is 104 g/mol. The van der Waals surface area contributed by atoms with Gasteiger partial charge >= 0.3 is 0 Å². The van der Waals surface area contributed by atoms with Crippen molar-refractivity contribution >= 4 is 0 Å². The van der Waals surface area contributed by atoms with Gasteiger partial charge in [-0.25, -0.2) is 4.39 Å². The molecule has 1 N–H and O–H groups in total. The van der Waals surface area contributed by atoms with Gasteiger partial charge in [0.15, 0.2) is 0 Å². The molecule has 0 saturated heterocycles. The normalized spacial score (nSPS) is 10.6. The number of rotatable bonds is 3. The van der Waals surface area contributed by atoms with Crippen LogP contribution in [-0.4, -0.2) is 18.4 Å². The summed E-state index contributed by atoms with van der Waals surface area (Å²) in [7, 11) is 0. The van der Waals surface area contributed by atoms with E-state index in [2.05, 4.69) is 0 Å². The third-order valence-corrected chi connectivity index (χ3v) is 0.552. The molecule has 0 saturated carbocycles. The molecule has 0 rings (SSSR count). The highest BCUT2D eigenvalue weighted by atomic mass is 19.1. The van der Waals surface area contributed by atoms with E-state index in [4.69, 9.17) is 5.11 Å². The molecule has 0 aromatic carbocycles. The van der Waals surface area contributed by atoms with Crippen molar-refractivity contribution < 1.29 is 9.50 Å². The lowest BCUT2D eigenvalue weighted by molar-refractivity contribution is 0.302. The molecule has 0 unspecified atom stereocenters. The molecule has 1 nitrogen and oxygen atoms in total. The molecule has 0 aliphatic rings. The van der Waals surface area contributed by atoms with Gasteiger partial charge in [0.25, 0.3) is 0 Å². The first-order valence-electron chi connectivity index (χ1n) is 2.23. The summed E-state index contributed by atoms with van der Waals surface area (Å²) >= 11 is 0. The van der Waals surface area contributed by atoms with Gasteiger partial charge in [0.2, 0.25) is 0 Å². The molecule has 0 aromatic rings. The summed E-state index contributed by atoms with van der Waals surface area (Å²) < 4.78 is 11.1. The summed E-state index contributed by atoms with van der Waals surface area (Å²) in [6, 6.07) is 0. The molecule has 2 heteroatoms. The zero-order valence-electron chi connectivity index (χ0n) is 4.10. The van der Waals surface area contributed by atoms with Gasteiger partial charge in [-0.15, -0.1) is 0 Å². The van der Waals surface area contributed by atoms with Crippen molar-refractivity contribution in [3.8, 4) is 0 Å². The van der Waals surface area contributed by atoms with Crippen LogP contribution in [0.25, 0.3) is 0 Å². The predicted molar refractivity (Wildman–Crippen MR) is 26.8 cm³/mol. The molecule has 42 valence electrons. The van der Waals surface area contributed by atoms with Gasteiger partial charge in [-0.3, -0.25) is 0 Å². The van der Waals surface area contributed by atoms with Crippen LogP contribution in [0.5, 0.6) is 0 Å². The zero-order valence-corrected chi connectivity index (χ0v) is 4.10. The lowest BCUT2D eigenvalue weighted by Crippen LogP contribution is -1.74. The van der Waals surface area contributed by atoms with Crippen molar-refractivity contribution in [3.05, 3.63) is 12.2 Å². The number of aliphatic hydroxyl groups excluding tert-OH is 1. The molecule has 7 heavy (non-hydrogen) atoms. The Hall–Kier alpha value is -0.370. The minimum atomic E-state index is -0.431. The molecule has 0 aliphatic heterocycles. The van der Waals surface area contributed by atoms with Crippen molar-refractivity contribution in [2.24, 2.45) is 0 Å². The van der Waals surface area contributed by atoms with Gasteiger partial charge in [0.05, 0.1) is 0 Å². The topological polar surface area (TPSA) is 20.2 Å². The van der Waals surface area contributed by atoms with Crippen molar-refractivity contribution in [3.63, 3.8) is 0 Å². The van der Waals surface area contributed by atoms with E-state index in [1.54, 1.807) is 6.08 Å². The van der Waals surface area contributed by atoms with Crippen LogP contribution in [0.2, 0.25) is 0 Å². The van der Waals surface area contributed by atoms with Crippen LogP contribution < -0.4 is 0 Å². The van der Waals surface area contributed by atoms with E-state index in [9.17, 15) is 4.39 Å². The first-order chi connectivity index (χ1) is 3.41. The molecule has 0 amide bonds. The fourth-order valence-corrected chi connectivity index (χ4v) is 0.255. The van der Waals surface area contributed by atoms with E-state index >= 15 is 0 Å². The Labute approximate surface area is 42.5 Å². The van der Waals surface area contributed by atoms with Crippen molar-refractivity contribution in [2.75, 3.05) is 13.3 Å². The summed E-state index contributed by atoms with van der Waals surface area (Å²) in [6.45, 7) is -0.323. The van der Waals surface area contributed by atoms with Crippen LogP contribution >= 0.6 is 0 Å². The number of alkyl halides is 1. The third-order valence-electron chi connectivity index (χ3n) is 0.552. The number of aliphatic hydroxyl groups is 1. The molecular formula is C5H9FO. The highest BCUT2D eigenvalue weighted by Crippen LogP contribution is 1.79. The van der Waals surface area contributed by atoms with Gasteiger partial charge in [-0.2, -0.15) is 0 Å². The standard InChI is InChI=1S/C5H9FO/c6-4-2-1-3-5-7/h1-2,7H,3-5H2. The molecule has 0 atom stereocenters. The van der Waals surface area contributed by atoms with Crippen molar-refractivity contribution in [2.45, 2.75) is 6.42 Å². The highest BCUT2D eigenvalue weighted by Gasteiger charge is 1.70. The van der Waals surface area contributed by atoms with E-state index in [-0.39, 0.29) is 6.61 Å². The number of halogens is 1. The van der Waals surface area contributed by atoms with Gasteiger partial charge in [0, 0.05) is 6.61 Å². The molecule has 0 aliphatic carbocycles. The fourth-order valence-electron chi connectivity index (χ4n) is 0.255. The van der Waals surface area contributed by atoms with Crippen molar-refractivity contribution in [1.82, 2.24) is 0 Å². The summed E-state index contributed by atoms with van der Waals surface area (Å²) in [5, 5.41) is 8.12. The third kappa shape index (κ3) is 5.63. The molecule has 0 heterocycles. The predicted octanol–water partition coefficient (Wildman–Crippen LogP) is 0.894. The summed E-state index contributed by atoms with van der Waals surface area (Å²) in [5.74, 6) is 0. The quantitative estimate of drug-likeness (QED) is 0.527. The van der Waals surface area contributed by atoms with Crippen LogP contribution in [-0.2, 0) is 0 Å². The van der Waals surface area contributed by atoms with E-state index in [1.165, 1.54) is 6.08 Å². The maximum atomic E-state index is 11.1. The van der Waals surface area contributed by atoms with Crippen molar-refractivity contribution in [1.29, 1.82) is 0 Å². The Bertz CT molecular complexity index is 52.0. The summed E-state index contributed by atoms with van der Waals surface area (Å²) in [6.07, 6.45) is 3.56. The smallest absolute Gasteiger partial charge is 0.108 e. The lowest BCUT2D eigenvalue weighted by Gasteiger charge is -1.78.